The zero-order valence-electron chi connectivity index (χ0n) is 14.0. The molecular formula is C18H24N4O. The van der Waals surface area contributed by atoms with Gasteiger partial charge in [0.1, 0.15) is 0 Å². The first-order valence-electron chi connectivity index (χ1n) is 8.20. The summed E-state index contributed by atoms with van der Waals surface area (Å²) in [4.78, 5) is 14.9. The SMILES string of the molecule is CNC1CCCN(C(=O)c2c(C)nn(-c3ccccc3)c2C)C1. The molecule has 3 rings (SSSR count). The number of nitrogens with zero attached hydrogens (tertiary/aromatic N) is 3. The van der Waals surface area contributed by atoms with Gasteiger partial charge < -0.3 is 10.2 Å². The number of hydrogen-bond donors (Lipinski definition) is 1. The molecule has 1 saturated heterocycles. The first-order chi connectivity index (χ1) is 11.1. The van der Waals surface area contributed by atoms with Crippen molar-refractivity contribution in [3.05, 3.63) is 47.3 Å². The topological polar surface area (TPSA) is 50.2 Å². The number of para-hydroxylation sites is 1. The first-order valence-corrected chi connectivity index (χ1v) is 8.20. The van der Waals surface area contributed by atoms with Crippen LogP contribution in [0, 0.1) is 13.8 Å². The molecule has 1 aromatic heterocycles. The number of piperidine rings is 1. The molecule has 0 radical (unpaired) electrons. The normalized spacial score (nSPS) is 18.2. The van der Waals surface area contributed by atoms with Crippen molar-refractivity contribution in [2.24, 2.45) is 0 Å². The molecule has 0 spiro atoms. The Hall–Kier alpha value is -2.14. The van der Waals surface area contributed by atoms with Gasteiger partial charge in [0.2, 0.25) is 0 Å². The summed E-state index contributed by atoms with van der Waals surface area (Å²) in [6, 6.07) is 10.3. The van der Waals surface area contributed by atoms with Gasteiger partial charge in [0.25, 0.3) is 5.91 Å². The van der Waals surface area contributed by atoms with E-state index in [1.54, 1.807) is 0 Å². The second kappa shape index (κ2) is 6.54. The molecule has 1 aliphatic rings. The lowest BCUT2D eigenvalue weighted by Crippen LogP contribution is -2.47. The lowest BCUT2D eigenvalue weighted by molar-refractivity contribution is 0.0696. The van der Waals surface area contributed by atoms with Gasteiger partial charge in [-0.2, -0.15) is 5.10 Å². The predicted molar refractivity (Wildman–Crippen MR) is 91.0 cm³/mol. The van der Waals surface area contributed by atoms with Crippen LogP contribution in [0.2, 0.25) is 0 Å². The van der Waals surface area contributed by atoms with Crippen LogP contribution in [0.5, 0.6) is 0 Å². The minimum Gasteiger partial charge on any atom is -0.337 e. The quantitative estimate of drug-likeness (QED) is 0.946. The van der Waals surface area contributed by atoms with E-state index in [2.05, 4.69) is 10.4 Å². The molecule has 2 heterocycles. The van der Waals surface area contributed by atoms with Gasteiger partial charge in [-0.05, 0) is 45.9 Å². The number of carbonyl (C=O) groups excluding carboxylic acids is 1. The van der Waals surface area contributed by atoms with Gasteiger partial charge in [-0.25, -0.2) is 4.68 Å². The fourth-order valence-electron chi connectivity index (χ4n) is 3.33. The number of carbonyl (C=O) groups is 1. The molecule has 1 amide bonds. The smallest absolute Gasteiger partial charge is 0.257 e. The minimum absolute atomic E-state index is 0.0992. The summed E-state index contributed by atoms with van der Waals surface area (Å²) in [5.41, 5.74) is 3.43. The minimum atomic E-state index is 0.0992. The number of amides is 1. The molecule has 1 N–H and O–H groups in total. The zero-order valence-corrected chi connectivity index (χ0v) is 14.0. The van der Waals surface area contributed by atoms with E-state index in [-0.39, 0.29) is 5.91 Å². The Morgan fingerprint density at radius 2 is 2.00 bits per heavy atom. The summed E-state index contributed by atoms with van der Waals surface area (Å²) in [7, 11) is 1.96. The van der Waals surface area contributed by atoms with E-state index in [9.17, 15) is 4.79 Å². The maximum atomic E-state index is 13.0. The molecule has 0 saturated carbocycles. The molecule has 1 aromatic carbocycles. The van der Waals surface area contributed by atoms with Crippen LogP contribution in [0.3, 0.4) is 0 Å². The van der Waals surface area contributed by atoms with Gasteiger partial charge in [-0.1, -0.05) is 18.2 Å². The Morgan fingerprint density at radius 1 is 1.26 bits per heavy atom. The van der Waals surface area contributed by atoms with E-state index in [4.69, 9.17) is 0 Å². The van der Waals surface area contributed by atoms with Crippen molar-refractivity contribution in [3.63, 3.8) is 0 Å². The van der Waals surface area contributed by atoms with Crippen LogP contribution < -0.4 is 5.32 Å². The fraction of sp³-hybridized carbons (Fsp3) is 0.444. The van der Waals surface area contributed by atoms with Crippen molar-refractivity contribution < 1.29 is 4.79 Å². The van der Waals surface area contributed by atoms with E-state index in [0.29, 0.717) is 6.04 Å². The molecule has 2 aromatic rings. The number of likely N-dealkylation sites (N-methyl/N-ethyl adjacent to an activating group) is 1. The fourth-order valence-corrected chi connectivity index (χ4v) is 3.33. The van der Waals surface area contributed by atoms with Gasteiger partial charge in [0, 0.05) is 19.1 Å². The zero-order chi connectivity index (χ0) is 16.4. The number of rotatable bonds is 3. The standard InChI is InChI=1S/C18H24N4O/c1-13-17(18(23)21-11-7-8-15(12-21)19-3)14(2)22(20-13)16-9-5-4-6-10-16/h4-6,9-10,15,19H,7-8,11-12H2,1-3H3. The summed E-state index contributed by atoms with van der Waals surface area (Å²) in [6.45, 7) is 5.48. The number of likely N-dealkylation sites (tertiary alicyclic amines) is 1. The van der Waals surface area contributed by atoms with Crippen LogP contribution in [0.25, 0.3) is 5.69 Å². The van der Waals surface area contributed by atoms with Crippen LogP contribution in [0.4, 0.5) is 0 Å². The van der Waals surface area contributed by atoms with Crippen LogP contribution in [0.15, 0.2) is 30.3 Å². The molecule has 1 atom stereocenters. The lowest BCUT2D eigenvalue weighted by atomic mass is 10.0. The summed E-state index contributed by atoms with van der Waals surface area (Å²) in [5, 5.41) is 7.87. The third-order valence-corrected chi connectivity index (χ3v) is 4.62. The third-order valence-electron chi connectivity index (χ3n) is 4.62. The molecule has 5 nitrogen and oxygen atoms in total. The monoisotopic (exact) mass is 312 g/mol. The van der Waals surface area contributed by atoms with Crippen molar-refractivity contribution in [2.75, 3.05) is 20.1 Å². The number of hydrogen-bond acceptors (Lipinski definition) is 3. The molecular weight excluding hydrogens is 288 g/mol. The van der Waals surface area contributed by atoms with E-state index >= 15 is 0 Å². The number of benzene rings is 1. The van der Waals surface area contributed by atoms with Crippen molar-refractivity contribution >= 4 is 5.91 Å². The van der Waals surface area contributed by atoms with Crippen molar-refractivity contribution in [1.82, 2.24) is 20.0 Å². The first kappa shape index (κ1) is 15.7. The Bertz CT molecular complexity index is 693. The molecule has 23 heavy (non-hydrogen) atoms. The van der Waals surface area contributed by atoms with Gasteiger partial charge in [-0.3, -0.25) is 4.79 Å². The second-order valence-corrected chi connectivity index (χ2v) is 6.17. The second-order valence-electron chi connectivity index (χ2n) is 6.17. The summed E-state index contributed by atoms with van der Waals surface area (Å²) >= 11 is 0. The Kier molecular flexibility index (Phi) is 4.48. The molecule has 0 aliphatic carbocycles. The van der Waals surface area contributed by atoms with Crippen LogP contribution in [0.1, 0.15) is 34.6 Å². The largest absolute Gasteiger partial charge is 0.337 e. The van der Waals surface area contributed by atoms with Crippen LogP contribution in [-0.4, -0.2) is 46.8 Å². The Labute approximate surface area is 137 Å². The summed E-state index contributed by atoms with van der Waals surface area (Å²) in [6.07, 6.45) is 2.17. The predicted octanol–water partition coefficient (Wildman–Crippen LogP) is 2.31. The highest BCUT2D eigenvalue weighted by Gasteiger charge is 2.28. The van der Waals surface area contributed by atoms with E-state index in [1.165, 1.54) is 0 Å². The third kappa shape index (κ3) is 3.01. The van der Waals surface area contributed by atoms with Crippen molar-refractivity contribution in [1.29, 1.82) is 0 Å². The molecule has 1 unspecified atom stereocenters. The van der Waals surface area contributed by atoms with Crippen LogP contribution in [-0.2, 0) is 0 Å². The average molecular weight is 312 g/mol. The number of aryl methyl sites for hydroxylation is 1. The van der Waals surface area contributed by atoms with Gasteiger partial charge in [-0.15, -0.1) is 0 Å². The molecule has 5 heteroatoms. The number of nitrogens with one attached hydrogen (secondary N) is 1. The van der Waals surface area contributed by atoms with Gasteiger partial charge >= 0.3 is 0 Å². The maximum Gasteiger partial charge on any atom is 0.257 e. The van der Waals surface area contributed by atoms with Crippen LogP contribution >= 0.6 is 0 Å². The van der Waals surface area contributed by atoms with Gasteiger partial charge in [0.05, 0.1) is 22.6 Å². The highest BCUT2D eigenvalue weighted by Crippen LogP contribution is 2.21. The maximum absolute atomic E-state index is 13.0. The molecule has 1 aliphatic heterocycles. The average Bonchev–Trinajstić information content (AvgIpc) is 2.89. The van der Waals surface area contributed by atoms with E-state index in [1.807, 2.05) is 60.8 Å². The Balaban J connectivity index is 1.91. The summed E-state index contributed by atoms with van der Waals surface area (Å²) < 4.78 is 1.86. The Morgan fingerprint density at radius 3 is 2.70 bits per heavy atom. The van der Waals surface area contributed by atoms with Crippen molar-refractivity contribution in [2.45, 2.75) is 32.7 Å². The van der Waals surface area contributed by atoms with E-state index < -0.39 is 0 Å². The highest BCUT2D eigenvalue weighted by atomic mass is 16.2. The van der Waals surface area contributed by atoms with Gasteiger partial charge in [0.15, 0.2) is 0 Å². The summed E-state index contributed by atoms with van der Waals surface area (Å²) in [5.74, 6) is 0.0992. The molecule has 122 valence electrons. The highest BCUT2D eigenvalue weighted by molar-refractivity contribution is 5.96. The van der Waals surface area contributed by atoms with E-state index in [0.717, 1.165) is 48.6 Å². The van der Waals surface area contributed by atoms with Crippen molar-refractivity contribution in [3.8, 4) is 5.69 Å². The number of aromatic nitrogens is 2. The lowest BCUT2D eigenvalue weighted by Gasteiger charge is -2.32. The molecule has 0 bridgehead atoms. The molecule has 1 fully saturated rings.